The van der Waals surface area contributed by atoms with Crippen molar-refractivity contribution in [3.05, 3.63) is 69.8 Å². The van der Waals surface area contributed by atoms with E-state index in [0.29, 0.717) is 98.6 Å². The maximum absolute atomic E-state index is 10.2. The molecule has 2 aliphatic rings. The summed E-state index contributed by atoms with van der Waals surface area (Å²) in [6.45, 7) is 18.4. The molecule has 384 valence electrons. The van der Waals surface area contributed by atoms with E-state index in [1.165, 1.54) is 0 Å². The lowest BCUT2D eigenvalue weighted by atomic mass is 10.1. The number of fused-ring (bicyclic) bond motifs is 8. The van der Waals surface area contributed by atoms with Gasteiger partial charge < -0.3 is 29.2 Å². The van der Waals surface area contributed by atoms with Gasteiger partial charge in [-0.25, -0.2) is 14.0 Å². The van der Waals surface area contributed by atoms with Gasteiger partial charge in [-0.05, 0) is 91.6 Å². The Morgan fingerprint density at radius 3 is 2.00 bits per heavy atom. The Bertz CT molecular complexity index is 3350. The lowest BCUT2D eigenvalue weighted by Crippen LogP contribution is -2.34. The van der Waals surface area contributed by atoms with Gasteiger partial charge in [0.15, 0.2) is 0 Å². The minimum atomic E-state index is -0.341. The van der Waals surface area contributed by atoms with E-state index in [1.54, 1.807) is 17.1 Å². The number of likely N-dealkylation sites (N-methyl/N-ethyl adjacent to an activating group) is 2. The minimum absolute atomic E-state index is 0.0792. The zero-order valence-electron chi connectivity index (χ0n) is 43.0. The second kappa shape index (κ2) is 20.6. The van der Waals surface area contributed by atoms with Gasteiger partial charge in [0, 0.05) is 44.0 Å². The van der Waals surface area contributed by atoms with Crippen molar-refractivity contribution in [2.75, 3.05) is 53.1 Å². The molecule has 0 fully saturated rings. The van der Waals surface area contributed by atoms with Crippen LogP contribution in [-0.2, 0) is 39.9 Å². The highest BCUT2D eigenvalue weighted by Crippen LogP contribution is 2.38. The van der Waals surface area contributed by atoms with Crippen LogP contribution in [0.3, 0.4) is 0 Å². The monoisotopic (exact) mass is 997 g/mol. The smallest absolute Gasteiger partial charge is 0.240 e. The summed E-state index contributed by atoms with van der Waals surface area (Å²) in [5.74, 6) is 2.09. The number of aliphatic hydroxyl groups excluding tert-OH is 2. The SMILES string of the molecule is CCOc1nn(CCO)c2c1/C=C/c1[nH]nc3c(C)nc(cc13)-c1cnn(Cn3nc4c5cc(nc(C)c53)-c3cnn(C)c3O[C@H](C)CN(CC)Cc3c(c(OCC)nn3CCO)/C=C/4)c1O[C@H](C)CN(C)C2. The van der Waals surface area contributed by atoms with Crippen LogP contribution in [0.2, 0.25) is 0 Å². The van der Waals surface area contributed by atoms with E-state index in [0.717, 1.165) is 73.5 Å². The number of nitrogens with zero attached hydrogens (tertiary/aromatic N) is 15. The van der Waals surface area contributed by atoms with E-state index >= 15 is 0 Å². The summed E-state index contributed by atoms with van der Waals surface area (Å²) in [6.07, 6.45) is 11.0. The van der Waals surface area contributed by atoms with E-state index in [9.17, 15) is 10.2 Å². The number of pyridine rings is 2. The fourth-order valence-corrected chi connectivity index (χ4v) is 9.99. The topological polar surface area (TPSA) is 227 Å². The fourth-order valence-electron chi connectivity index (χ4n) is 9.99. The molecule has 4 bridgehead atoms. The van der Waals surface area contributed by atoms with Crippen molar-refractivity contribution >= 4 is 46.1 Å². The second-order valence-electron chi connectivity index (χ2n) is 18.6. The van der Waals surface area contributed by atoms with Crippen molar-refractivity contribution in [1.29, 1.82) is 0 Å². The summed E-state index contributed by atoms with van der Waals surface area (Å²) in [7, 11) is 3.91. The van der Waals surface area contributed by atoms with Crippen LogP contribution >= 0.6 is 0 Å². The predicted molar refractivity (Wildman–Crippen MR) is 276 cm³/mol. The molecule has 10 rings (SSSR count). The Balaban J connectivity index is 1.12. The predicted octanol–water partition coefficient (Wildman–Crippen LogP) is 5.42. The number of aryl methyl sites for hydroxylation is 3. The van der Waals surface area contributed by atoms with Crippen LogP contribution in [0, 0.1) is 13.8 Å². The summed E-state index contributed by atoms with van der Waals surface area (Å²) in [6, 6.07) is 4.06. The minimum Gasteiger partial charge on any atom is -0.476 e. The molecule has 0 saturated carbocycles. The van der Waals surface area contributed by atoms with Gasteiger partial charge in [0.25, 0.3) is 0 Å². The van der Waals surface area contributed by atoms with Gasteiger partial charge >= 0.3 is 0 Å². The number of H-pyrrole nitrogens is 1. The third-order valence-corrected chi connectivity index (χ3v) is 13.3. The summed E-state index contributed by atoms with van der Waals surface area (Å²) >= 11 is 0. The fraction of sp³-hybridized carbons (Fsp3) is 0.451. The van der Waals surface area contributed by atoms with Crippen LogP contribution in [0.1, 0.15) is 79.9 Å². The first kappa shape index (κ1) is 49.2. The largest absolute Gasteiger partial charge is 0.476 e. The zero-order valence-corrected chi connectivity index (χ0v) is 43.0. The van der Waals surface area contributed by atoms with Crippen molar-refractivity contribution in [1.82, 2.24) is 78.9 Å². The number of aliphatic hydroxyl groups is 2. The average molecular weight is 997 g/mol. The van der Waals surface area contributed by atoms with Crippen LogP contribution in [0.5, 0.6) is 23.5 Å². The molecule has 10 heterocycles. The van der Waals surface area contributed by atoms with Crippen LogP contribution < -0.4 is 18.9 Å². The number of aromatic nitrogens is 14. The van der Waals surface area contributed by atoms with Crippen LogP contribution in [0.4, 0.5) is 0 Å². The maximum Gasteiger partial charge on any atom is 0.240 e. The third kappa shape index (κ3) is 9.46. The van der Waals surface area contributed by atoms with Crippen LogP contribution in [0.15, 0.2) is 24.5 Å². The molecular formula is C51H64N16O6. The number of rotatable bonds is 11. The van der Waals surface area contributed by atoms with Gasteiger partial charge in [-0.3, -0.25) is 34.2 Å². The third-order valence-electron chi connectivity index (χ3n) is 13.3. The van der Waals surface area contributed by atoms with Crippen molar-refractivity contribution in [3.63, 3.8) is 0 Å². The molecule has 22 heteroatoms. The molecule has 8 aromatic heterocycles. The average Bonchev–Trinajstić information content (AvgIpc) is 4.22. The summed E-state index contributed by atoms with van der Waals surface area (Å²) < 4.78 is 35.1. The quantitative estimate of drug-likeness (QED) is 0.147. The summed E-state index contributed by atoms with van der Waals surface area (Å²) in [5, 5.41) is 54.5. The molecule has 0 amide bonds. The van der Waals surface area contributed by atoms with Crippen molar-refractivity contribution in [2.24, 2.45) is 7.05 Å². The number of nitrogens with one attached hydrogen (secondary N) is 1. The molecule has 0 aliphatic carbocycles. The standard InChI is InChI=1S/C51H64N16O6/c1-10-63-26-31(5)72-50-38(23-52-62(50)9)43-22-37-41(16-14-35-45(28-63)65(18-20-69)60-49(35)71-12-3)58-66(47(37)33(7)55-43)29-67-51-39(24-53-67)42-21-36-40(56-57-46(36)32(6)54-42)15-13-34-44(27-61(8)25-30(4)73-51)64(17-19-68)59-48(34)70-11-2/h13-16,21-24,30-31,68-69H,10-12,17-20,25-29H2,1-9H3,(H,56,57)/b15-13+,16-14+/t30-,31-/m1/s1. The molecule has 73 heavy (non-hydrogen) atoms. The molecule has 0 radical (unpaired) electrons. The first-order valence-corrected chi connectivity index (χ1v) is 25.0. The van der Waals surface area contributed by atoms with E-state index in [1.807, 2.05) is 104 Å². The Hall–Kier alpha value is -7.40. The molecule has 2 atom stereocenters. The normalized spacial score (nSPS) is 17.5. The van der Waals surface area contributed by atoms with E-state index in [2.05, 4.69) is 38.9 Å². The lowest BCUT2D eigenvalue weighted by Gasteiger charge is -2.25. The van der Waals surface area contributed by atoms with Crippen molar-refractivity contribution in [3.8, 4) is 46.0 Å². The molecule has 2 aliphatic heterocycles. The summed E-state index contributed by atoms with van der Waals surface area (Å²) in [5.41, 5.74) is 10.7. The van der Waals surface area contributed by atoms with Gasteiger partial charge in [-0.1, -0.05) is 6.92 Å². The van der Waals surface area contributed by atoms with Crippen molar-refractivity contribution in [2.45, 2.75) is 93.5 Å². The number of aromatic amines is 1. The molecular weight excluding hydrogens is 933 g/mol. The van der Waals surface area contributed by atoms with Gasteiger partial charge in [0.05, 0.1) is 125 Å². The first-order chi connectivity index (χ1) is 35.4. The van der Waals surface area contributed by atoms with Crippen LogP contribution in [0.25, 0.3) is 68.6 Å². The first-order valence-electron chi connectivity index (χ1n) is 25.0. The molecule has 0 aromatic carbocycles. The van der Waals surface area contributed by atoms with Crippen LogP contribution in [-0.4, -0.2) is 154 Å². The molecule has 0 spiro atoms. The van der Waals surface area contributed by atoms with E-state index in [-0.39, 0.29) is 32.1 Å². The Morgan fingerprint density at radius 2 is 1.32 bits per heavy atom. The van der Waals surface area contributed by atoms with Gasteiger partial charge in [-0.15, -0.1) is 10.2 Å². The van der Waals surface area contributed by atoms with Gasteiger partial charge in [0.2, 0.25) is 23.5 Å². The number of hydrogen-bond acceptors (Lipinski definition) is 16. The Kier molecular flexibility index (Phi) is 13.9. The highest BCUT2D eigenvalue weighted by molar-refractivity contribution is 5.95. The lowest BCUT2D eigenvalue weighted by molar-refractivity contribution is 0.133. The Morgan fingerprint density at radius 1 is 0.699 bits per heavy atom. The highest BCUT2D eigenvalue weighted by Gasteiger charge is 2.28. The highest BCUT2D eigenvalue weighted by atomic mass is 16.5. The van der Waals surface area contributed by atoms with E-state index in [4.69, 9.17) is 49.3 Å². The zero-order chi connectivity index (χ0) is 51.1. The summed E-state index contributed by atoms with van der Waals surface area (Å²) in [4.78, 5) is 14.7. The molecule has 8 aromatic rings. The van der Waals surface area contributed by atoms with Crippen molar-refractivity contribution < 1.29 is 29.2 Å². The number of ether oxygens (including phenoxy) is 4. The molecule has 3 N–H and O–H groups in total. The van der Waals surface area contributed by atoms with E-state index < -0.39 is 0 Å². The second-order valence-corrected chi connectivity index (χ2v) is 18.6. The van der Waals surface area contributed by atoms with Gasteiger partial charge in [-0.2, -0.15) is 20.4 Å². The molecule has 0 saturated heterocycles. The number of hydrogen-bond donors (Lipinski definition) is 3. The van der Waals surface area contributed by atoms with Gasteiger partial charge in [0.1, 0.15) is 24.4 Å². The molecule has 0 unspecified atom stereocenters. The maximum atomic E-state index is 10.2. The Labute approximate surface area is 422 Å². The molecule has 22 nitrogen and oxygen atoms in total.